The van der Waals surface area contributed by atoms with Crippen molar-refractivity contribution in [3.8, 4) is 11.1 Å². The zero-order valence-corrected chi connectivity index (χ0v) is 15.8. The van der Waals surface area contributed by atoms with Crippen molar-refractivity contribution in [2.75, 3.05) is 0 Å². The van der Waals surface area contributed by atoms with Gasteiger partial charge >= 0.3 is 0 Å². The summed E-state index contributed by atoms with van der Waals surface area (Å²) in [6.07, 6.45) is 3.42. The molecule has 0 spiro atoms. The van der Waals surface area contributed by atoms with Gasteiger partial charge in [0, 0.05) is 25.8 Å². The molecular weight excluding hydrogens is 442 g/mol. The van der Waals surface area contributed by atoms with Gasteiger partial charge in [-0.25, -0.2) is 0 Å². The monoisotopic (exact) mass is 456 g/mol. The SMILES string of the molecule is CC1=Cc2c(cccc2-c2ccccc2)C1.[Cl-].[Cl-].[Hf]. The molecular formula is C16H14Cl2Hf-2. The predicted octanol–water partition coefficient (Wildman–Crippen LogP) is -1.68. The molecule has 1 aliphatic carbocycles. The molecule has 3 heteroatoms. The van der Waals surface area contributed by atoms with Crippen molar-refractivity contribution in [3.05, 3.63) is 65.2 Å². The van der Waals surface area contributed by atoms with E-state index in [4.69, 9.17) is 0 Å². The summed E-state index contributed by atoms with van der Waals surface area (Å²) in [5.41, 5.74) is 6.99. The molecule has 0 aromatic heterocycles. The van der Waals surface area contributed by atoms with E-state index in [0.29, 0.717) is 0 Å². The summed E-state index contributed by atoms with van der Waals surface area (Å²) < 4.78 is 0. The van der Waals surface area contributed by atoms with Gasteiger partial charge in [-0.1, -0.05) is 60.2 Å². The van der Waals surface area contributed by atoms with Crippen molar-refractivity contribution in [1.82, 2.24) is 0 Å². The molecule has 19 heavy (non-hydrogen) atoms. The normalized spacial score (nSPS) is 11.3. The minimum absolute atomic E-state index is 0. The van der Waals surface area contributed by atoms with Gasteiger partial charge in [0.05, 0.1) is 0 Å². The number of rotatable bonds is 1. The number of fused-ring (bicyclic) bond motifs is 1. The summed E-state index contributed by atoms with van der Waals surface area (Å²) in [6, 6.07) is 17.2. The molecule has 2 aromatic rings. The van der Waals surface area contributed by atoms with E-state index in [-0.39, 0.29) is 50.7 Å². The molecule has 0 aliphatic heterocycles. The summed E-state index contributed by atoms with van der Waals surface area (Å²) in [5, 5.41) is 0. The van der Waals surface area contributed by atoms with Crippen LogP contribution in [0.4, 0.5) is 0 Å². The van der Waals surface area contributed by atoms with Crippen LogP contribution in [0.2, 0.25) is 0 Å². The Kier molecular flexibility index (Phi) is 7.88. The molecule has 1 aliphatic rings. The standard InChI is InChI=1S/C16H14.2ClH.Hf/c1-12-10-14-8-5-9-15(16(14)11-12)13-6-3-2-4-7-13;;;/h2-9,11H,10H2,1H3;2*1H;/p-2. The predicted molar refractivity (Wildman–Crippen MR) is 69.2 cm³/mol. The molecule has 98 valence electrons. The van der Waals surface area contributed by atoms with Crippen molar-refractivity contribution >= 4 is 6.08 Å². The number of hydrogen-bond acceptors (Lipinski definition) is 0. The minimum Gasteiger partial charge on any atom is -1.00 e. The van der Waals surface area contributed by atoms with Crippen LogP contribution in [0.15, 0.2) is 54.1 Å². The van der Waals surface area contributed by atoms with Crippen LogP contribution < -0.4 is 24.8 Å². The summed E-state index contributed by atoms with van der Waals surface area (Å²) >= 11 is 0. The van der Waals surface area contributed by atoms with Crippen molar-refractivity contribution < 1.29 is 50.7 Å². The van der Waals surface area contributed by atoms with Gasteiger partial charge in [0.1, 0.15) is 0 Å². The molecule has 0 saturated heterocycles. The van der Waals surface area contributed by atoms with Gasteiger partial charge in [-0.3, -0.25) is 0 Å². The van der Waals surface area contributed by atoms with Crippen LogP contribution in [0.25, 0.3) is 17.2 Å². The first-order valence-electron chi connectivity index (χ1n) is 5.69. The fourth-order valence-corrected chi connectivity index (χ4v) is 2.40. The van der Waals surface area contributed by atoms with Gasteiger partial charge in [-0.2, -0.15) is 0 Å². The van der Waals surface area contributed by atoms with Crippen LogP contribution >= 0.6 is 0 Å². The zero-order valence-electron chi connectivity index (χ0n) is 10.7. The molecule has 3 rings (SSSR count). The first kappa shape index (κ1) is 18.6. The van der Waals surface area contributed by atoms with Crippen molar-refractivity contribution in [3.63, 3.8) is 0 Å². The van der Waals surface area contributed by atoms with E-state index in [1.165, 1.54) is 27.8 Å². The first-order chi connectivity index (χ1) is 7.84. The maximum atomic E-state index is 2.32. The van der Waals surface area contributed by atoms with E-state index in [1.54, 1.807) is 0 Å². The Bertz CT molecular complexity index is 562. The second-order valence-electron chi connectivity index (χ2n) is 4.41. The minimum atomic E-state index is 0. The Labute approximate surface area is 145 Å². The molecule has 2 aromatic carbocycles. The third-order valence-corrected chi connectivity index (χ3v) is 3.14. The van der Waals surface area contributed by atoms with Crippen LogP contribution in [0.5, 0.6) is 0 Å². The molecule has 0 N–H and O–H groups in total. The summed E-state index contributed by atoms with van der Waals surface area (Å²) in [5.74, 6) is 0. The van der Waals surface area contributed by atoms with E-state index in [1.807, 2.05) is 0 Å². The van der Waals surface area contributed by atoms with Crippen LogP contribution in [0.3, 0.4) is 0 Å². The Hall–Kier alpha value is -0.370. The van der Waals surface area contributed by atoms with E-state index in [2.05, 4.69) is 61.5 Å². The summed E-state index contributed by atoms with van der Waals surface area (Å²) in [4.78, 5) is 0. The smallest absolute Gasteiger partial charge is 0 e. The van der Waals surface area contributed by atoms with E-state index >= 15 is 0 Å². The fourth-order valence-electron chi connectivity index (χ4n) is 2.40. The number of hydrogen-bond donors (Lipinski definition) is 0. The maximum Gasteiger partial charge on any atom is 0 e. The molecule has 0 bridgehead atoms. The number of halogens is 2. The van der Waals surface area contributed by atoms with E-state index in [0.717, 1.165) is 6.42 Å². The Morgan fingerprint density at radius 2 is 1.53 bits per heavy atom. The average molecular weight is 456 g/mol. The van der Waals surface area contributed by atoms with Gasteiger partial charge in [0.25, 0.3) is 0 Å². The molecule has 0 unspecified atom stereocenters. The quantitative estimate of drug-likeness (QED) is 0.451. The molecule has 0 fully saturated rings. The molecule has 0 heterocycles. The largest absolute Gasteiger partial charge is 1.00 e. The second-order valence-corrected chi connectivity index (χ2v) is 4.41. The van der Waals surface area contributed by atoms with Crippen LogP contribution in [0, 0.1) is 0 Å². The fraction of sp³-hybridized carbons (Fsp3) is 0.125. The van der Waals surface area contributed by atoms with Crippen LogP contribution in [-0.4, -0.2) is 0 Å². The van der Waals surface area contributed by atoms with Gasteiger partial charge in [-0.05, 0) is 35.6 Å². The molecule has 0 radical (unpaired) electrons. The van der Waals surface area contributed by atoms with Crippen molar-refractivity contribution in [1.29, 1.82) is 0 Å². The average Bonchev–Trinajstić information content (AvgIpc) is 2.70. The zero-order chi connectivity index (χ0) is 11.0. The topological polar surface area (TPSA) is 0 Å². The van der Waals surface area contributed by atoms with E-state index in [9.17, 15) is 0 Å². The van der Waals surface area contributed by atoms with Gasteiger partial charge in [-0.15, -0.1) is 0 Å². The third-order valence-electron chi connectivity index (χ3n) is 3.14. The van der Waals surface area contributed by atoms with Gasteiger partial charge in [0.15, 0.2) is 0 Å². The number of allylic oxidation sites excluding steroid dienone is 1. The van der Waals surface area contributed by atoms with E-state index < -0.39 is 0 Å². The molecule has 0 amide bonds. The van der Waals surface area contributed by atoms with Crippen LogP contribution in [-0.2, 0) is 32.3 Å². The van der Waals surface area contributed by atoms with Crippen molar-refractivity contribution in [2.24, 2.45) is 0 Å². The second kappa shape index (κ2) is 8.04. The first-order valence-corrected chi connectivity index (χ1v) is 5.69. The molecule has 0 atom stereocenters. The summed E-state index contributed by atoms with van der Waals surface area (Å²) in [7, 11) is 0. The number of benzene rings is 2. The molecule has 0 nitrogen and oxygen atoms in total. The van der Waals surface area contributed by atoms with Crippen molar-refractivity contribution in [2.45, 2.75) is 13.3 Å². The molecule has 0 saturated carbocycles. The van der Waals surface area contributed by atoms with Gasteiger partial charge < -0.3 is 24.8 Å². The Morgan fingerprint density at radius 1 is 0.842 bits per heavy atom. The summed E-state index contributed by atoms with van der Waals surface area (Å²) in [6.45, 7) is 2.20. The van der Waals surface area contributed by atoms with Gasteiger partial charge in [0.2, 0.25) is 0 Å². The Balaban J connectivity index is 0.00000108. The maximum absolute atomic E-state index is 2.32. The third kappa shape index (κ3) is 3.81. The Morgan fingerprint density at radius 3 is 2.21 bits per heavy atom. The van der Waals surface area contributed by atoms with Crippen LogP contribution in [0.1, 0.15) is 18.1 Å².